The normalized spacial score (nSPS) is 24.6. The third-order valence-electron chi connectivity index (χ3n) is 4.89. The highest BCUT2D eigenvalue weighted by atomic mass is 31.2. The SMILES string of the molecule is Nc1ncnc2c1ncn2[C@@H]1O[C@H](COP(=O)(O)OC(=O)CCCCCC(=O)O)[C@@H](O)[C@H]1O. The van der Waals surface area contributed by atoms with E-state index in [-0.39, 0.29) is 36.2 Å². The Morgan fingerprint density at radius 1 is 1.15 bits per heavy atom. The lowest BCUT2D eigenvalue weighted by Crippen LogP contribution is -2.33. The summed E-state index contributed by atoms with van der Waals surface area (Å²) in [4.78, 5) is 43.8. The van der Waals surface area contributed by atoms with E-state index in [0.29, 0.717) is 12.8 Å². The first-order valence-electron chi connectivity index (χ1n) is 9.95. The highest BCUT2D eigenvalue weighted by Gasteiger charge is 2.45. The molecule has 2 aromatic heterocycles. The molecule has 1 fully saturated rings. The van der Waals surface area contributed by atoms with Crippen molar-refractivity contribution in [1.29, 1.82) is 0 Å². The van der Waals surface area contributed by atoms with Gasteiger partial charge in [-0.1, -0.05) is 6.42 Å². The van der Waals surface area contributed by atoms with Crippen LogP contribution in [0.15, 0.2) is 12.7 Å². The minimum absolute atomic E-state index is 0.0393. The number of carbonyl (C=O) groups is 2. The molecule has 2 aromatic rings. The quantitative estimate of drug-likeness (QED) is 0.202. The predicted octanol–water partition coefficient (Wildman–Crippen LogP) is -0.277. The molecule has 15 nitrogen and oxygen atoms in total. The van der Waals surface area contributed by atoms with Crippen molar-refractivity contribution >= 4 is 36.7 Å². The number of nitrogens with two attached hydrogens (primary N) is 1. The van der Waals surface area contributed by atoms with Gasteiger partial charge in [0.2, 0.25) is 0 Å². The Hall–Kier alpha value is -2.68. The Morgan fingerprint density at radius 2 is 1.88 bits per heavy atom. The second-order valence-corrected chi connectivity index (χ2v) is 8.69. The van der Waals surface area contributed by atoms with E-state index in [1.807, 2.05) is 0 Å². The molecule has 0 aliphatic carbocycles. The first-order valence-corrected chi connectivity index (χ1v) is 11.4. The number of phosphoric ester groups is 1. The molecule has 1 unspecified atom stereocenters. The van der Waals surface area contributed by atoms with Gasteiger partial charge in [0, 0.05) is 12.8 Å². The molecule has 1 aliphatic heterocycles. The van der Waals surface area contributed by atoms with Crippen LogP contribution in [-0.2, 0) is 27.9 Å². The number of hydrogen-bond donors (Lipinski definition) is 5. The molecule has 3 rings (SSSR count). The van der Waals surface area contributed by atoms with Gasteiger partial charge in [0.15, 0.2) is 17.7 Å². The average Bonchev–Trinajstić information content (AvgIpc) is 3.28. The van der Waals surface area contributed by atoms with Gasteiger partial charge in [-0.05, 0) is 12.8 Å². The number of hydrogen-bond acceptors (Lipinski definition) is 12. The van der Waals surface area contributed by atoms with Crippen LogP contribution in [0.3, 0.4) is 0 Å². The van der Waals surface area contributed by atoms with Crippen LogP contribution in [0.5, 0.6) is 0 Å². The Bertz CT molecular complexity index is 1050. The zero-order chi connectivity index (χ0) is 24.2. The first-order chi connectivity index (χ1) is 15.6. The molecular weight excluding hydrogens is 465 g/mol. The monoisotopic (exact) mass is 489 g/mol. The standard InChI is InChI=1S/C17H24N5O10P/c18-15-12-16(20-7-19-15)22(8-21-12)17-14(27)13(26)9(31-17)6-30-33(28,29)32-11(25)5-3-1-2-4-10(23)24/h7-9,13-14,17,26-27H,1-6H2,(H,23,24)(H,28,29)(H2,18,19,20)/t9-,13-,14-,17-/m1/s1. The van der Waals surface area contributed by atoms with Crippen molar-refractivity contribution in [3.8, 4) is 0 Å². The molecule has 33 heavy (non-hydrogen) atoms. The molecule has 1 saturated heterocycles. The summed E-state index contributed by atoms with van der Waals surface area (Å²) in [7, 11) is -4.82. The number of aromatic nitrogens is 4. The molecule has 0 radical (unpaired) electrons. The molecule has 6 N–H and O–H groups in total. The molecule has 0 aromatic carbocycles. The van der Waals surface area contributed by atoms with Crippen LogP contribution in [0.2, 0.25) is 0 Å². The van der Waals surface area contributed by atoms with Gasteiger partial charge in [0.1, 0.15) is 30.2 Å². The smallest absolute Gasteiger partial charge is 0.481 e. The lowest BCUT2D eigenvalue weighted by Gasteiger charge is -2.17. The van der Waals surface area contributed by atoms with Gasteiger partial charge in [0.25, 0.3) is 0 Å². The van der Waals surface area contributed by atoms with Crippen molar-refractivity contribution in [2.75, 3.05) is 12.3 Å². The highest BCUT2D eigenvalue weighted by molar-refractivity contribution is 7.48. The molecule has 1 aliphatic rings. The fraction of sp³-hybridized carbons (Fsp3) is 0.588. The maximum absolute atomic E-state index is 12.0. The molecule has 16 heteroatoms. The number of aliphatic carboxylic acids is 1. The number of carboxylic acids is 1. The van der Waals surface area contributed by atoms with Crippen LogP contribution < -0.4 is 5.73 Å². The largest absolute Gasteiger partial charge is 0.529 e. The van der Waals surface area contributed by atoms with Gasteiger partial charge in [0.05, 0.1) is 12.9 Å². The van der Waals surface area contributed by atoms with Gasteiger partial charge in [-0.15, -0.1) is 0 Å². The van der Waals surface area contributed by atoms with Crippen molar-refractivity contribution in [2.45, 2.75) is 56.6 Å². The lowest BCUT2D eigenvalue weighted by atomic mass is 10.1. The van der Waals surface area contributed by atoms with Crippen LogP contribution in [0.1, 0.15) is 38.3 Å². The van der Waals surface area contributed by atoms with Crippen molar-refractivity contribution in [2.24, 2.45) is 0 Å². The molecule has 0 bridgehead atoms. The third-order valence-corrected chi connectivity index (χ3v) is 5.80. The van der Waals surface area contributed by atoms with E-state index in [4.69, 9.17) is 20.1 Å². The maximum Gasteiger partial charge on any atom is 0.529 e. The van der Waals surface area contributed by atoms with Gasteiger partial charge in [-0.2, -0.15) is 0 Å². The Labute approximate surface area is 186 Å². The van der Waals surface area contributed by atoms with Crippen molar-refractivity contribution < 1.29 is 48.2 Å². The number of carboxylic acid groups (broad SMARTS) is 1. The van der Waals surface area contributed by atoms with Gasteiger partial charge >= 0.3 is 19.8 Å². The summed E-state index contributed by atoms with van der Waals surface area (Å²) < 4.78 is 28.1. The van der Waals surface area contributed by atoms with E-state index < -0.39 is 50.9 Å². The summed E-state index contributed by atoms with van der Waals surface area (Å²) in [5.41, 5.74) is 6.23. The summed E-state index contributed by atoms with van der Waals surface area (Å²) in [6.07, 6.45) is -2.05. The molecule has 182 valence electrons. The number of carbonyl (C=O) groups excluding carboxylic acids is 1. The maximum atomic E-state index is 12.0. The van der Waals surface area contributed by atoms with Crippen molar-refractivity contribution in [3.63, 3.8) is 0 Å². The highest BCUT2D eigenvalue weighted by Crippen LogP contribution is 2.45. The summed E-state index contributed by atoms with van der Waals surface area (Å²) in [5.74, 6) is -1.84. The lowest BCUT2D eigenvalue weighted by molar-refractivity contribution is -0.137. The molecule has 5 atom stereocenters. The van der Waals surface area contributed by atoms with Gasteiger partial charge < -0.3 is 30.3 Å². The number of nitrogen functional groups attached to an aromatic ring is 1. The number of unbranched alkanes of at least 4 members (excludes halogenated alkanes) is 2. The average molecular weight is 489 g/mol. The Kier molecular flexibility index (Phi) is 7.94. The topological polar surface area (TPSA) is 229 Å². The van der Waals surface area contributed by atoms with Crippen LogP contribution in [0.25, 0.3) is 11.2 Å². The zero-order valence-corrected chi connectivity index (χ0v) is 18.2. The minimum Gasteiger partial charge on any atom is -0.481 e. The number of phosphoric acid groups is 1. The number of anilines is 1. The number of nitrogens with zero attached hydrogens (tertiary/aromatic N) is 4. The van der Waals surface area contributed by atoms with Crippen LogP contribution in [0, 0.1) is 0 Å². The van der Waals surface area contributed by atoms with E-state index in [1.54, 1.807) is 0 Å². The zero-order valence-electron chi connectivity index (χ0n) is 17.3. The number of aliphatic hydroxyl groups excluding tert-OH is 2. The first kappa shape index (κ1) is 25.0. The summed E-state index contributed by atoms with van der Waals surface area (Å²) in [6.45, 7) is -0.669. The fourth-order valence-electron chi connectivity index (χ4n) is 3.24. The van der Waals surface area contributed by atoms with E-state index in [9.17, 15) is 29.3 Å². The van der Waals surface area contributed by atoms with E-state index in [2.05, 4.69) is 19.5 Å². The summed E-state index contributed by atoms with van der Waals surface area (Å²) in [5, 5.41) is 29.2. The van der Waals surface area contributed by atoms with Crippen molar-refractivity contribution in [1.82, 2.24) is 19.5 Å². The Balaban J connectivity index is 1.52. The number of imidazole rings is 1. The second-order valence-electron chi connectivity index (χ2n) is 7.31. The minimum atomic E-state index is -4.82. The molecular formula is C17H24N5O10P. The van der Waals surface area contributed by atoms with E-state index in [0.717, 1.165) is 0 Å². The van der Waals surface area contributed by atoms with Crippen LogP contribution in [-0.4, -0.2) is 76.6 Å². The van der Waals surface area contributed by atoms with Crippen molar-refractivity contribution in [3.05, 3.63) is 12.7 Å². The number of rotatable bonds is 11. The number of fused-ring (bicyclic) bond motifs is 1. The van der Waals surface area contributed by atoms with Gasteiger partial charge in [-0.25, -0.2) is 19.5 Å². The molecule has 3 heterocycles. The molecule has 0 spiro atoms. The van der Waals surface area contributed by atoms with Crippen LogP contribution in [0.4, 0.5) is 5.82 Å². The summed E-state index contributed by atoms with van der Waals surface area (Å²) >= 11 is 0. The third kappa shape index (κ3) is 6.22. The van der Waals surface area contributed by atoms with E-state index in [1.165, 1.54) is 17.2 Å². The van der Waals surface area contributed by atoms with Gasteiger partial charge in [-0.3, -0.25) is 23.6 Å². The Morgan fingerprint density at radius 3 is 2.61 bits per heavy atom. The molecule has 0 saturated carbocycles. The number of aliphatic hydroxyl groups is 2. The second kappa shape index (κ2) is 10.5. The van der Waals surface area contributed by atoms with Crippen LogP contribution >= 0.6 is 7.82 Å². The number of ether oxygens (including phenoxy) is 1. The molecule has 0 amide bonds. The van der Waals surface area contributed by atoms with E-state index >= 15 is 0 Å². The predicted molar refractivity (Wildman–Crippen MR) is 108 cm³/mol. The fourth-order valence-corrected chi connectivity index (χ4v) is 3.98. The summed E-state index contributed by atoms with van der Waals surface area (Å²) in [6, 6.07) is 0.